The summed E-state index contributed by atoms with van der Waals surface area (Å²) in [5.41, 5.74) is 2.34. The van der Waals surface area contributed by atoms with Crippen molar-refractivity contribution in [3.63, 3.8) is 0 Å². The van der Waals surface area contributed by atoms with E-state index >= 15 is 0 Å². The Kier molecular flexibility index (Phi) is 3.32. The molecular weight excluding hydrogens is 222 g/mol. The van der Waals surface area contributed by atoms with Crippen LogP contribution in [0.3, 0.4) is 0 Å². The highest BCUT2D eigenvalue weighted by Gasteiger charge is 2.16. The second-order valence-corrected chi connectivity index (χ2v) is 4.17. The van der Waals surface area contributed by atoms with Crippen molar-refractivity contribution in [3.05, 3.63) is 58.5 Å². The van der Waals surface area contributed by atoms with Gasteiger partial charge in [-0.2, -0.15) is 0 Å². The zero-order valence-corrected chi connectivity index (χ0v) is 10.1. The van der Waals surface area contributed by atoms with Gasteiger partial charge < -0.3 is 9.73 Å². The molecule has 0 aliphatic heterocycles. The molecule has 3 heteroatoms. The summed E-state index contributed by atoms with van der Waals surface area (Å²) in [5.74, 6) is 0.896. The maximum atomic E-state index is 6.02. The van der Waals surface area contributed by atoms with E-state index in [1.165, 1.54) is 5.56 Å². The minimum atomic E-state index is 0.0497. The summed E-state index contributed by atoms with van der Waals surface area (Å²) in [6.45, 7) is 2.07. The van der Waals surface area contributed by atoms with Crippen molar-refractivity contribution in [1.82, 2.24) is 5.32 Å². The number of hydrogen-bond acceptors (Lipinski definition) is 2. The molecule has 2 aromatic rings. The Hall–Kier alpha value is -1.25. The van der Waals surface area contributed by atoms with Crippen LogP contribution in [0, 0.1) is 6.92 Å². The summed E-state index contributed by atoms with van der Waals surface area (Å²) in [7, 11) is 1.91. The fourth-order valence-electron chi connectivity index (χ4n) is 1.83. The van der Waals surface area contributed by atoms with Crippen LogP contribution >= 0.6 is 11.6 Å². The first-order valence-corrected chi connectivity index (χ1v) is 5.57. The van der Waals surface area contributed by atoms with Gasteiger partial charge in [0.05, 0.1) is 12.3 Å². The van der Waals surface area contributed by atoms with Crippen molar-refractivity contribution < 1.29 is 4.42 Å². The molecule has 1 N–H and O–H groups in total. The van der Waals surface area contributed by atoms with Gasteiger partial charge in [0.15, 0.2) is 0 Å². The fourth-order valence-corrected chi connectivity index (χ4v) is 2.01. The molecule has 1 aromatic carbocycles. The molecule has 1 heterocycles. The summed E-state index contributed by atoms with van der Waals surface area (Å²) in [6.07, 6.45) is 1.68. The van der Waals surface area contributed by atoms with Crippen molar-refractivity contribution in [1.29, 1.82) is 0 Å². The van der Waals surface area contributed by atoms with E-state index in [2.05, 4.69) is 12.2 Å². The molecular formula is C13H14ClNO. The van der Waals surface area contributed by atoms with E-state index in [9.17, 15) is 0 Å². The van der Waals surface area contributed by atoms with Crippen LogP contribution in [0.15, 0.2) is 41.0 Å². The molecule has 16 heavy (non-hydrogen) atoms. The van der Waals surface area contributed by atoms with Gasteiger partial charge in [-0.05, 0) is 49.4 Å². The Morgan fingerprint density at radius 1 is 1.31 bits per heavy atom. The van der Waals surface area contributed by atoms with Gasteiger partial charge in [-0.3, -0.25) is 0 Å². The Morgan fingerprint density at radius 3 is 2.75 bits per heavy atom. The van der Waals surface area contributed by atoms with Crippen LogP contribution in [-0.2, 0) is 0 Å². The summed E-state index contributed by atoms with van der Waals surface area (Å²) < 4.78 is 5.43. The summed E-state index contributed by atoms with van der Waals surface area (Å²) in [6, 6.07) is 9.79. The van der Waals surface area contributed by atoms with E-state index in [4.69, 9.17) is 16.0 Å². The molecule has 0 aliphatic rings. The SMILES string of the molecule is CNC(c1ccco1)c1cc(Cl)ccc1C. The van der Waals surface area contributed by atoms with Crippen LogP contribution in [0.1, 0.15) is 22.9 Å². The number of nitrogens with one attached hydrogen (secondary N) is 1. The maximum absolute atomic E-state index is 6.02. The number of hydrogen-bond donors (Lipinski definition) is 1. The van der Waals surface area contributed by atoms with Crippen molar-refractivity contribution in [2.24, 2.45) is 0 Å². The van der Waals surface area contributed by atoms with E-state index in [-0.39, 0.29) is 6.04 Å². The molecule has 1 aromatic heterocycles. The van der Waals surface area contributed by atoms with Crippen molar-refractivity contribution in [3.8, 4) is 0 Å². The molecule has 0 fully saturated rings. The minimum Gasteiger partial charge on any atom is -0.467 e. The first-order valence-electron chi connectivity index (χ1n) is 5.19. The number of halogens is 1. The van der Waals surface area contributed by atoms with E-state index < -0.39 is 0 Å². The summed E-state index contributed by atoms with van der Waals surface area (Å²) >= 11 is 6.02. The highest BCUT2D eigenvalue weighted by atomic mass is 35.5. The van der Waals surface area contributed by atoms with Crippen LogP contribution < -0.4 is 5.32 Å². The molecule has 0 radical (unpaired) electrons. The zero-order chi connectivity index (χ0) is 11.5. The van der Waals surface area contributed by atoms with Gasteiger partial charge in [0.25, 0.3) is 0 Å². The molecule has 0 saturated heterocycles. The lowest BCUT2D eigenvalue weighted by Gasteiger charge is -2.16. The van der Waals surface area contributed by atoms with Crippen LogP contribution in [0.5, 0.6) is 0 Å². The molecule has 84 valence electrons. The van der Waals surface area contributed by atoms with E-state index in [0.717, 1.165) is 16.3 Å². The van der Waals surface area contributed by atoms with Gasteiger partial charge in [0.1, 0.15) is 5.76 Å². The molecule has 0 saturated carbocycles. The number of aryl methyl sites for hydroxylation is 1. The normalized spacial score (nSPS) is 12.7. The van der Waals surface area contributed by atoms with E-state index in [0.29, 0.717) is 0 Å². The number of rotatable bonds is 3. The first kappa shape index (κ1) is 11.2. The molecule has 0 spiro atoms. The van der Waals surface area contributed by atoms with Gasteiger partial charge in [0.2, 0.25) is 0 Å². The maximum Gasteiger partial charge on any atom is 0.125 e. The topological polar surface area (TPSA) is 25.2 Å². The standard InChI is InChI=1S/C13H14ClNO/c1-9-5-6-10(14)8-11(9)13(15-2)12-4-3-7-16-12/h3-8,13,15H,1-2H3. The van der Waals surface area contributed by atoms with E-state index in [1.807, 2.05) is 37.4 Å². The second kappa shape index (κ2) is 4.73. The zero-order valence-electron chi connectivity index (χ0n) is 9.33. The van der Waals surface area contributed by atoms with Crippen molar-refractivity contribution >= 4 is 11.6 Å². The van der Waals surface area contributed by atoms with Crippen LogP contribution in [0.25, 0.3) is 0 Å². The van der Waals surface area contributed by atoms with Crippen molar-refractivity contribution in [2.45, 2.75) is 13.0 Å². The predicted molar refractivity (Wildman–Crippen MR) is 65.8 cm³/mol. The minimum absolute atomic E-state index is 0.0497. The second-order valence-electron chi connectivity index (χ2n) is 3.74. The van der Waals surface area contributed by atoms with Gasteiger partial charge in [-0.25, -0.2) is 0 Å². The molecule has 0 amide bonds. The number of benzene rings is 1. The summed E-state index contributed by atoms with van der Waals surface area (Å²) in [4.78, 5) is 0. The van der Waals surface area contributed by atoms with Gasteiger partial charge >= 0.3 is 0 Å². The summed E-state index contributed by atoms with van der Waals surface area (Å²) in [5, 5.41) is 3.98. The average molecular weight is 236 g/mol. The third-order valence-corrected chi connectivity index (χ3v) is 2.90. The Bertz CT molecular complexity index is 465. The highest BCUT2D eigenvalue weighted by molar-refractivity contribution is 6.30. The van der Waals surface area contributed by atoms with Crippen LogP contribution in [0.4, 0.5) is 0 Å². The highest BCUT2D eigenvalue weighted by Crippen LogP contribution is 2.27. The predicted octanol–water partition coefficient (Wildman–Crippen LogP) is 3.55. The quantitative estimate of drug-likeness (QED) is 0.880. The molecule has 2 rings (SSSR count). The third kappa shape index (κ3) is 2.13. The molecule has 1 unspecified atom stereocenters. The van der Waals surface area contributed by atoms with Gasteiger partial charge in [0, 0.05) is 5.02 Å². The fraction of sp³-hybridized carbons (Fsp3) is 0.231. The van der Waals surface area contributed by atoms with Crippen LogP contribution in [-0.4, -0.2) is 7.05 Å². The monoisotopic (exact) mass is 235 g/mol. The Balaban J connectivity index is 2.44. The van der Waals surface area contributed by atoms with Gasteiger partial charge in [-0.15, -0.1) is 0 Å². The first-order chi connectivity index (χ1) is 7.72. The molecule has 1 atom stereocenters. The Morgan fingerprint density at radius 2 is 2.12 bits per heavy atom. The molecule has 2 nitrogen and oxygen atoms in total. The average Bonchev–Trinajstić information content (AvgIpc) is 2.78. The Labute approximate surface area is 100 Å². The lowest BCUT2D eigenvalue weighted by molar-refractivity contribution is 0.462. The lowest BCUT2D eigenvalue weighted by Crippen LogP contribution is -2.18. The molecule has 0 bridgehead atoms. The van der Waals surface area contributed by atoms with Crippen LogP contribution in [0.2, 0.25) is 5.02 Å². The van der Waals surface area contributed by atoms with E-state index in [1.54, 1.807) is 6.26 Å². The third-order valence-electron chi connectivity index (χ3n) is 2.67. The molecule has 0 aliphatic carbocycles. The van der Waals surface area contributed by atoms with Crippen molar-refractivity contribution in [2.75, 3.05) is 7.05 Å². The lowest BCUT2D eigenvalue weighted by atomic mass is 9.99. The number of furan rings is 1. The smallest absolute Gasteiger partial charge is 0.125 e. The largest absolute Gasteiger partial charge is 0.467 e. The van der Waals surface area contributed by atoms with Gasteiger partial charge in [-0.1, -0.05) is 17.7 Å².